The van der Waals surface area contributed by atoms with Gasteiger partial charge >= 0.3 is 41.5 Å². The first kappa shape index (κ1) is 32.7. The molecule has 0 aliphatic carbocycles. The van der Waals surface area contributed by atoms with Crippen LogP contribution < -0.4 is 40.2 Å². The van der Waals surface area contributed by atoms with Crippen LogP contribution in [0.4, 0.5) is 5.13 Å². The maximum absolute atomic E-state index is 13.0. The summed E-state index contributed by atoms with van der Waals surface area (Å²) in [6, 6.07) is -3.79. The Bertz CT molecular complexity index is 1220. The molecule has 1 aromatic heterocycles. The topological polar surface area (TPSA) is 223 Å². The van der Waals surface area contributed by atoms with Crippen molar-refractivity contribution in [3.63, 3.8) is 0 Å². The number of carbonyl (C=O) groups excluding carboxylic acids is 5. The molecule has 0 saturated carbocycles. The molecule has 198 valence electrons. The Morgan fingerprint density at radius 1 is 1.27 bits per heavy atom. The Kier molecular flexibility index (Phi) is 11.4. The average molecular weight is 592 g/mol. The third-order valence-electron chi connectivity index (χ3n) is 4.39. The van der Waals surface area contributed by atoms with Crippen LogP contribution in [0.2, 0.25) is 0 Å². The third-order valence-corrected chi connectivity index (χ3v) is 6.28. The first-order chi connectivity index (χ1) is 16.7. The molecule has 3 amide bonds. The van der Waals surface area contributed by atoms with Crippen LogP contribution in [0, 0.1) is 0 Å². The fourth-order valence-electron chi connectivity index (χ4n) is 2.65. The van der Waals surface area contributed by atoms with Crippen molar-refractivity contribution in [3.8, 4) is 0 Å². The summed E-state index contributed by atoms with van der Waals surface area (Å²) in [6.45, 7) is 2.54. The van der Waals surface area contributed by atoms with E-state index in [1.165, 1.54) is 19.2 Å². The van der Waals surface area contributed by atoms with Crippen molar-refractivity contribution >= 4 is 73.7 Å². The van der Waals surface area contributed by atoms with Crippen LogP contribution >= 0.6 is 22.9 Å². The van der Waals surface area contributed by atoms with E-state index in [1.54, 1.807) is 0 Å². The normalized spacial score (nSPS) is 17.6. The largest absolute Gasteiger partial charge is 1.00 e. The maximum Gasteiger partial charge on any atom is 1.00 e. The molecule has 0 radical (unpaired) electrons. The molecule has 2 heterocycles. The van der Waals surface area contributed by atoms with E-state index in [2.05, 4.69) is 30.2 Å². The zero-order valence-electron chi connectivity index (χ0n) is 20.0. The van der Waals surface area contributed by atoms with Gasteiger partial charge in [0.1, 0.15) is 17.6 Å². The molecule has 1 aliphatic heterocycles. The Labute approximate surface area is 241 Å². The molecule has 0 bridgehead atoms. The number of nitrogens with zero attached hydrogens (tertiary/aromatic N) is 3. The number of carbonyl (C=O) groups is 5. The minimum absolute atomic E-state index is 0. The number of alkyl halides is 1. The number of thiazole rings is 1. The van der Waals surface area contributed by atoms with Crippen molar-refractivity contribution in [1.82, 2.24) is 14.6 Å². The van der Waals surface area contributed by atoms with Crippen molar-refractivity contribution < 1.29 is 80.8 Å². The standard InChI is InChI=1S/C17H20ClN5O11S2.Na/c1-17(2,15(28)33-4)34-22-9(7-6-35-16(19-7)20-8(24)5-18)12(25)21-10-11(14(27)32-3)23(13(10)26)36(29,30)31;/h6,10-11H,5H2,1-4H3,(H,21,25)(H,19,20,24)(H,29,30,31);/q;+1/p-1/t10-,11-;/m1./s1. The van der Waals surface area contributed by atoms with Crippen molar-refractivity contribution in [2.24, 2.45) is 5.16 Å². The van der Waals surface area contributed by atoms with Gasteiger partial charge in [0.05, 0.1) is 14.2 Å². The van der Waals surface area contributed by atoms with Gasteiger partial charge in [0, 0.05) is 5.38 Å². The summed E-state index contributed by atoms with van der Waals surface area (Å²) >= 11 is 6.28. The molecule has 1 aliphatic rings. The second-order valence-electron chi connectivity index (χ2n) is 7.26. The molecule has 16 nitrogen and oxygen atoms in total. The van der Waals surface area contributed by atoms with Crippen molar-refractivity contribution in [2.45, 2.75) is 31.5 Å². The third kappa shape index (κ3) is 7.59. The molecule has 1 saturated heterocycles. The number of halogens is 1. The Balaban J connectivity index is 0.00000684. The minimum Gasteiger partial charge on any atom is -0.731 e. The average Bonchev–Trinajstić information content (AvgIpc) is 3.26. The van der Waals surface area contributed by atoms with Gasteiger partial charge in [-0.15, -0.1) is 22.9 Å². The van der Waals surface area contributed by atoms with Gasteiger partial charge in [-0.1, -0.05) is 5.16 Å². The summed E-state index contributed by atoms with van der Waals surface area (Å²) in [5, 5.41) is 9.29. The second kappa shape index (κ2) is 12.9. The van der Waals surface area contributed by atoms with Crippen molar-refractivity contribution in [2.75, 3.05) is 25.4 Å². The molecule has 0 spiro atoms. The number of esters is 2. The molecule has 2 N–H and O–H groups in total. The van der Waals surface area contributed by atoms with Gasteiger partial charge in [-0.3, -0.25) is 14.4 Å². The number of ether oxygens (including phenoxy) is 2. The van der Waals surface area contributed by atoms with Crippen molar-refractivity contribution in [1.29, 1.82) is 0 Å². The Morgan fingerprint density at radius 3 is 2.41 bits per heavy atom. The van der Waals surface area contributed by atoms with Gasteiger partial charge in [0.25, 0.3) is 11.8 Å². The number of aromatic nitrogens is 1. The zero-order chi connectivity index (χ0) is 27.4. The van der Waals surface area contributed by atoms with Crippen LogP contribution in [0.1, 0.15) is 19.5 Å². The molecular formula is C17H19ClN5NaO11S2. The van der Waals surface area contributed by atoms with Gasteiger partial charge in [-0.25, -0.2) is 27.3 Å². The fourth-order valence-corrected chi connectivity index (χ4v) is 4.25. The number of β-lactam (4-membered cyclic amide) rings is 1. The van der Waals surface area contributed by atoms with Crippen LogP contribution in [0.5, 0.6) is 0 Å². The predicted molar refractivity (Wildman–Crippen MR) is 119 cm³/mol. The number of hydrogen-bond acceptors (Lipinski definition) is 14. The molecule has 2 atom stereocenters. The minimum atomic E-state index is -5.40. The van der Waals surface area contributed by atoms with Crippen molar-refractivity contribution in [3.05, 3.63) is 11.1 Å². The number of rotatable bonds is 10. The summed E-state index contributed by atoms with van der Waals surface area (Å²) in [7, 11) is -3.44. The van der Waals surface area contributed by atoms with Crippen LogP contribution in [0.15, 0.2) is 10.5 Å². The molecule has 2 rings (SSSR count). The van der Waals surface area contributed by atoms with Gasteiger partial charge < -0.3 is 29.5 Å². The summed E-state index contributed by atoms with van der Waals surface area (Å²) in [5.41, 5.74) is -2.55. The van der Waals surface area contributed by atoms with Gasteiger partial charge in [0.15, 0.2) is 27.2 Å². The summed E-state index contributed by atoms with van der Waals surface area (Å²) in [6.07, 6.45) is 0. The Morgan fingerprint density at radius 2 is 1.89 bits per heavy atom. The van der Waals surface area contributed by atoms with Gasteiger partial charge in [-0.05, 0) is 13.8 Å². The van der Waals surface area contributed by atoms with E-state index in [0.29, 0.717) is 0 Å². The smallest absolute Gasteiger partial charge is 0.731 e. The van der Waals surface area contributed by atoms with E-state index in [9.17, 15) is 36.9 Å². The molecule has 0 aromatic carbocycles. The summed E-state index contributed by atoms with van der Waals surface area (Å²) < 4.78 is 42.8. The van der Waals surface area contributed by atoms with Crippen LogP contribution in [-0.2, 0) is 48.6 Å². The van der Waals surface area contributed by atoms with E-state index in [0.717, 1.165) is 25.6 Å². The molecular weight excluding hydrogens is 573 g/mol. The molecule has 20 heteroatoms. The molecule has 1 fully saturated rings. The molecule has 1 aromatic rings. The van der Waals surface area contributed by atoms with E-state index < -0.39 is 63.4 Å². The van der Waals surface area contributed by atoms with E-state index in [4.69, 9.17) is 16.4 Å². The fraction of sp³-hybridized carbons (Fsp3) is 0.471. The summed E-state index contributed by atoms with van der Waals surface area (Å²) in [5.74, 6) is -5.77. The van der Waals surface area contributed by atoms with Crippen LogP contribution in [0.3, 0.4) is 0 Å². The summed E-state index contributed by atoms with van der Waals surface area (Å²) in [4.78, 5) is 69.8. The number of amides is 3. The second-order valence-corrected chi connectivity index (χ2v) is 9.64. The van der Waals surface area contributed by atoms with E-state index >= 15 is 0 Å². The first-order valence-corrected chi connectivity index (χ1v) is 12.3. The first-order valence-electron chi connectivity index (χ1n) is 9.52. The molecule has 0 unspecified atom stereocenters. The van der Waals surface area contributed by atoms with Gasteiger partial charge in [-0.2, -0.15) is 0 Å². The zero-order valence-corrected chi connectivity index (χ0v) is 24.4. The van der Waals surface area contributed by atoms with Crippen LogP contribution in [0.25, 0.3) is 0 Å². The SMILES string of the molecule is COC(=O)[C@H]1[C@@H](NC(=O)C(=NOC(C)(C)C(=O)OC)c2csc(NC(=O)CCl)n2)C(=O)N1S(=O)(=O)[O-].[Na+]. The number of hydrogen-bond donors (Lipinski definition) is 2. The number of anilines is 1. The maximum atomic E-state index is 13.0. The number of nitrogens with one attached hydrogen (secondary N) is 2. The number of oxime groups is 1. The quantitative estimate of drug-likeness (QED) is 0.0498. The van der Waals surface area contributed by atoms with Gasteiger partial charge in [0.2, 0.25) is 11.5 Å². The number of methoxy groups -OCH3 is 2. The predicted octanol–water partition coefficient (Wildman–Crippen LogP) is -4.67. The van der Waals surface area contributed by atoms with E-state index in [1.807, 2.05) is 0 Å². The Hall–Kier alpha value is -2.35. The van der Waals surface area contributed by atoms with E-state index in [-0.39, 0.29) is 50.6 Å². The monoisotopic (exact) mass is 591 g/mol. The molecule has 37 heavy (non-hydrogen) atoms. The van der Waals surface area contributed by atoms with Crippen LogP contribution in [-0.4, -0.2) is 95.4 Å².